The molecule has 42 heavy (non-hydrogen) atoms. The molecule has 0 unspecified atom stereocenters. The molecule has 3 rings (SSSR count). The van der Waals surface area contributed by atoms with Gasteiger partial charge in [-0.2, -0.15) is 0 Å². The van der Waals surface area contributed by atoms with Crippen molar-refractivity contribution in [3.8, 4) is 11.5 Å². The van der Waals surface area contributed by atoms with Crippen LogP contribution in [-0.4, -0.2) is 58.0 Å². The summed E-state index contributed by atoms with van der Waals surface area (Å²) in [7, 11) is -1.22. The molecule has 0 heterocycles. The van der Waals surface area contributed by atoms with E-state index >= 15 is 0 Å². The third-order valence-electron chi connectivity index (χ3n) is 7.15. The van der Waals surface area contributed by atoms with Gasteiger partial charge in [0.15, 0.2) is 0 Å². The molecule has 0 bridgehead atoms. The van der Waals surface area contributed by atoms with Crippen LogP contribution < -0.4 is 19.1 Å². The van der Waals surface area contributed by atoms with Gasteiger partial charge >= 0.3 is 0 Å². The van der Waals surface area contributed by atoms with E-state index in [4.69, 9.17) is 9.47 Å². The Morgan fingerprint density at radius 2 is 1.57 bits per heavy atom. The van der Waals surface area contributed by atoms with E-state index in [-0.39, 0.29) is 29.1 Å². The normalized spacial score (nSPS) is 12.6. The molecule has 0 radical (unpaired) electrons. The highest BCUT2D eigenvalue weighted by Crippen LogP contribution is 2.34. The first-order chi connectivity index (χ1) is 19.9. The standard InChI is InChI=1S/C32H41N3O6S/c1-8-24(4)33-32(37)25(5)34(20-26-10-9-11-27(19-26)40-6)31(36)21-35(29-18-23(3)14-17-30(29)41-7)42(38,39)28-15-12-22(2)13-16-28/h9-19,24-25H,8,20-21H2,1-7H3,(H,33,37)/t24-,25-/m0/s1. The first-order valence-electron chi connectivity index (χ1n) is 13.9. The average Bonchev–Trinajstić information content (AvgIpc) is 2.98. The van der Waals surface area contributed by atoms with Crippen LogP contribution in [0.3, 0.4) is 0 Å². The number of methoxy groups -OCH3 is 2. The zero-order valence-electron chi connectivity index (χ0n) is 25.4. The molecule has 0 spiro atoms. The van der Waals surface area contributed by atoms with E-state index in [2.05, 4.69) is 5.32 Å². The first-order valence-corrected chi connectivity index (χ1v) is 15.3. The molecule has 0 aromatic heterocycles. The maximum atomic E-state index is 14.2. The Hall–Kier alpha value is -4.05. The minimum absolute atomic E-state index is 0.0337. The minimum Gasteiger partial charge on any atom is -0.497 e. The van der Waals surface area contributed by atoms with Crippen molar-refractivity contribution >= 4 is 27.5 Å². The van der Waals surface area contributed by atoms with Crippen LogP contribution in [0.1, 0.15) is 43.9 Å². The fourth-order valence-electron chi connectivity index (χ4n) is 4.36. The van der Waals surface area contributed by atoms with E-state index in [1.165, 1.54) is 24.1 Å². The molecule has 0 saturated heterocycles. The van der Waals surface area contributed by atoms with Crippen LogP contribution in [0.2, 0.25) is 0 Å². The zero-order chi connectivity index (χ0) is 31.0. The predicted molar refractivity (Wildman–Crippen MR) is 164 cm³/mol. The Kier molecular flexibility index (Phi) is 11.0. The first kappa shape index (κ1) is 32.5. The maximum absolute atomic E-state index is 14.2. The Labute approximate surface area is 249 Å². The van der Waals surface area contributed by atoms with Gasteiger partial charge in [0.05, 0.1) is 24.8 Å². The Balaban J connectivity index is 2.10. The molecular formula is C32H41N3O6S. The molecule has 2 amide bonds. The smallest absolute Gasteiger partial charge is 0.264 e. The Morgan fingerprint density at radius 3 is 2.19 bits per heavy atom. The molecule has 0 aliphatic carbocycles. The van der Waals surface area contributed by atoms with Crippen molar-refractivity contribution in [2.75, 3.05) is 25.1 Å². The lowest BCUT2D eigenvalue weighted by Gasteiger charge is -2.33. The van der Waals surface area contributed by atoms with Gasteiger partial charge < -0.3 is 19.7 Å². The fraction of sp³-hybridized carbons (Fsp3) is 0.375. The average molecular weight is 596 g/mol. The topological polar surface area (TPSA) is 105 Å². The molecule has 0 saturated carbocycles. The Bertz CT molecular complexity index is 1490. The van der Waals surface area contributed by atoms with Crippen molar-refractivity contribution in [2.45, 2.75) is 64.6 Å². The summed E-state index contributed by atoms with van der Waals surface area (Å²) in [5.74, 6) is 0.0150. The third kappa shape index (κ3) is 7.82. The minimum atomic E-state index is -4.22. The molecule has 0 aliphatic rings. The number of carbonyl (C=O) groups excluding carboxylic acids is 2. The molecule has 9 nitrogen and oxygen atoms in total. The van der Waals surface area contributed by atoms with E-state index in [1.807, 2.05) is 33.8 Å². The summed E-state index contributed by atoms with van der Waals surface area (Å²) < 4.78 is 40.2. The van der Waals surface area contributed by atoms with Gasteiger partial charge in [-0.3, -0.25) is 13.9 Å². The third-order valence-corrected chi connectivity index (χ3v) is 8.92. The van der Waals surface area contributed by atoms with Gasteiger partial charge in [0.25, 0.3) is 10.0 Å². The second-order valence-electron chi connectivity index (χ2n) is 10.4. The summed E-state index contributed by atoms with van der Waals surface area (Å²) in [5.41, 5.74) is 2.64. The van der Waals surface area contributed by atoms with Crippen molar-refractivity contribution in [3.63, 3.8) is 0 Å². The van der Waals surface area contributed by atoms with E-state index < -0.39 is 28.5 Å². The summed E-state index contributed by atoms with van der Waals surface area (Å²) in [6.07, 6.45) is 0.720. The number of rotatable bonds is 13. The number of sulfonamides is 1. The second kappa shape index (κ2) is 14.2. The molecule has 1 N–H and O–H groups in total. The number of nitrogens with zero attached hydrogens (tertiary/aromatic N) is 2. The van der Waals surface area contributed by atoms with Crippen molar-refractivity contribution in [1.29, 1.82) is 0 Å². The van der Waals surface area contributed by atoms with Gasteiger partial charge in [0.1, 0.15) is 24.1 Å². The second-order valence-corrected chi connectivity index (χ2v) is 12.2. The molecule has 0 aliphatic heterocycles. The summed E-state index contributed by atoms with van der Waals surface area (Å²) in [5, 5.41) is 2.94. The number of hydrogen-bond donors (Lipinski definition) is 1. The number of aryl methyl sites for hydroxylation is 2. The number of benzene rings is 3. The SMILES string of the molecule is CC[C@H](C)NC(=O)[C@H](C)N(Cc1cccc(OC)c1)C(=O)CN(c1cc(C)ccc1OC)S(=O)(=O)c1ccc(C)cc1. The molecule has 3 aromatic rings. The molecule has 10 heteroatoms. The zero-order valence-corrected chi connectivity index (χ0v) is 26.2. The molecule has 0 fully saturated rings. The van der Waals surface area contributed by atoms with E-state index in [9.17, 15) is 18.0 Å². The van der Waals surface area contributed by atoms with Crippen LogP contribution in [0, 0.1) is 13.8 Å². The number of ether oxygens (including phenoxy) is 2. The highest BCUT2D eigenvalue weighted by atomic mass is 32.2. The predicted octanol–water partition coefficient (Wildman–Crippen LogP) is 4.85. The van der Waals surface area contributed by atoms with Gasteiger partial charge in [-0.05, 0) is 81.6 Å². The molecular weight excluding hydrogens is 554 g/mol. The quantitative estimate of drug-likeness (QED) is 0.303. The molecule has 2 atom stereocenters. The lowest BCUT2D eigenvalue weighted by molar-refractivity contribution is -0.139. The van der Waals surface area contributed by atoms with Crippen LogP contribution >= 0.6 is 0 Å². The highest BCUT2D eigenvalue weighted by molar-refractivity contribution is 7.92. The molecule has 3 aromatic carbocycles. The van der Waals surface area contributed by atoms with Crippen LogP contribution in [0.5, 0.6) is 11.5 Å². The fourth-order valence-corrected chi connectivity index (χ4v) is 5.78. The maximum Gasteiger partial charge on any atom is 0.264 e. The van der Waals surface area contributed by atoms with E-state index in [0.717, 1.165) is 27.4 Å². The number of hydrogen-bond acceptors (Lipinski definition) is 6. The van der Waals surface area contributed by atoms with Crippen LogP contribution in [0.25, 0.3) is 0 Å². The summed E-state index contributed by atoms with van der Waals surface area (Å²) in [6.45, 7) is 8.69. The van der Waals surface area contributed by atoms with Crippen molar-refractivity contribution in [3.05, 3.63) is 83.4 Å². The number of anilines is 1. The number of nitrogens with one attached hydrogen (secondary N) is 1. The van der Waals surface area contributed by atoms with Gasteiger partial charge in [-0.25, -0.2) is 8.42 Å². The van der Waals surface area contributed by atoms with Crippen molar-refractivity contribution in [2.24, 2.45) is 0 Å². The van der Waals surface area contributed by atoms with Gasteiger partial charge in [-0.1, -0.05) is 42.8 Å². The number of carbonyl (C=O) groups is 2. The monoisotopic (exact) mass is 595 g/mol. The lowest BCUT2D eigenvalue weighted by atomic mass is 10.1. The Morgan fingerprint density at radius 1 is 0.905 bits per heavy atom. The van der Waals surface area contributed by atoms with Gasteiger partial charge in [0.2, 0.25) is 11.8 Å². The van der Waals surface area contributed by atoms with E-state index in [1.54, 1.807) is 62.6 Å². The summed E-state index contributed by atoms with van der Waals surface area (Å²) >= 11 is 0. The van der Waals surface area contributed by atoms with Crippen molar-refractivity contribution in [1.82, 2.24) is 10.2 Å². The summed E-state index contributed by atoms with van der Waals surface area (Å²) in [6, 6.07) is 17.8. The largest absolute Gasteiger partial charge is 0.497 e. The highest BCUT2D eigenvalue weighted by Gasteiger charge is 2.34. The lowest BCUT2D eigenvalue weighted by Crippen LogP contribution is -2.52. The van der Waals surface area contributed by atoms with Gasteiger partial charge in [0, 0.05) is 12.6 Å². The van der Waals surface area contributed by atoms with Crippen LogP contribution in [-0.2, 0) is 26.2 Å². The van der Waals surface area contributed by atoms with Crippen LogP contribution in [0.4, 0.5) is 5.69 Å². The van der Waals surface area contributed by atoms with Gasteiger partial charge in [-0.15, -0.1) is 0 Å². The summed E-state index contributed by atoms with van der Waals surface area (Å²) in [4.78, 5) is 28.8. The van der Waals surface area contributed by atoms with Crippen LogP contribution in [0.15, 0.2) is 71.6 Å². The van der Waals surface area contributed by atoms with E-state index in [0.29, 0.717) is 11.5 Å². The molecule has 226 valence electrons. The number of amides is 2. The van der Waals surface area contributed by atoms with Crippen molar-refractivity contribution < 1.29 is 27.5 Å².